The number of nitrogens with one attached hydrogen (secondary N) is 2. The Kier molecular flexibility index (Phi) is 7.35. The first-order chi connectivity index (χ1) is 12.5. The average molecular weight is 421 g/mol. The van der Waals surface area contributed by atoms with Crippen LogP contribution in [0.25, 0.3) is 6.08 Å². The van der Waals surface area contributed by atoms with Crippen LogP contribution in [-0.4, -0.2) is 25.0 Å². The molecule has 136 valence electrons. The quantitative estimate of drug-likeness (QED) is 0.670. The number of carbonyl (C=O) groups is 2. The molecule has 0 aliphatic heterocycles. The molecule has 5 nitrogen and oxygen atoms in total. The molecular weight excluding hydrogens is 403 g/mol. The third-order valence-electron chi connectivity index (χ3n) is 3.22. The minimum atomic E-state index is -0.419. The Morgan fingerprint density at radius 3 is 2.81 bits per heavy atom. The van der Waals surface area contributed by atoms with Crippen molar-refractivity contribution in [2.24, 2.45) is 0 Å². The number of hydrogen-bond donors (Lipinski definition) is 2. The van der Waals surface area contributed by atoms with Gasteiger partial charge in [-0.3, -0.25) is 9.59 Å². The Morgan fingerprint density at radius 1 is 1.23 bits per heavy atom. The van der Waals surface area contributed by atoms with Gasteiger partial charge in [0.05, 0.1) is 0 Å². The lowest BCUT2D eigenvalue weighted by Gasteiger charge is -2.08. The molecule has 2 amide bonds. The summed E-state index contributed by atoms with van der Waals surface area (Å²) in [5, 5.41) is 5.29. The topological polar surface area (TPSA) is 67.4 Å². The fraction of sp³-hybridized carbons (Fsp3) is 0.158. The predicted octanol–water partition coefficient (Wildman–Crippen LogP) is 3.76. The van der Waals surface area contributed by atoms with E-state index >= 15 is 0 Å². The molecule has 0 unspecified atom stereocenters. The van der Waals surface area contributed by atoms with Gasteiger partial charge in [-0.05, 0) is 43.3 Å². The lowest BCUT2D eigenvalue weighted by molar-refractivity contribution is -0.123. The van der Waals surface area contributed by atoms with Crippen molar-refractivity contribution in [3.63, 3.8) is 0 Å². The molecule has 2 aromatic carbocycles. The first kappa shape index (κ1) is 19.7. The Balaban J connectivity index is 1.96. The number of carbonyl (C=O) groups excluding carboxylic acids is 2. The van der Waals surface area contributed by atoms with Gasteiger partial charge in [-0.1, -0.05) is 22.0 Å². The van der Waals surface area contributed by atoms with Crippen LogP contribution in [0.15, 0.2) is 53.0 Å². The van der Waals surface area contributed by atoms with E-state index in [0.717, 1.165) is 4.47 Å². The van der Waals surface area contributed by atoms with Crippen LogP contribution in [0.5, 0.6) is 5.75 Å². The van der Waals surface area contributed by atoms with E-state index in [9.17, 15) is 14.0 Å². The van der Waals surface area contributed by atoms with E-state index in [1.165, 1.54) is 18.2 Å². The van der Waals surface area contributed by atoms with Crippen LogP contribution >= 0.6 is 15.9 Å². The lowest BCUT2D eigenvalue weighted by atomic mass is 10.2. The van der Waals surface area contributed by atoms with Crippen molar-refractivity contribution >= 4 is 39.5 Å². The molecule has 0 saturated heterocycles. The SMILES string of the molecule is CCNC(=O)COc1cccc(NC(=O)/C=C/c2cc(Br)ccc2F)c1. The van der Waals surface area contributed by atoms with Crippen molar-refractivity contribution in [3.8, 4) is 5.75 Å². The summed E-state index contributed by atoms with van der Waals surface area (Å²) in [6, 6.07) is 11.1. The summed E-state index contributed by atoms with van der Waals surface area (Å²) in [6.45, 7) is 2.25. The van der Waals surface area contributed by atoms with Crippen molar-refractivity contribution in [3.05, 3.63) is 64.4 Å². The molecule has 7 heteroatoms. The monoisotopic (exact) mass is 420 g/mol. The summed E-state index contributed by atoms with van der Waals surface area (Å²) in [5.41, 5.74) is 0.802. The Morgan fingerprint density at radius 2 is 2.04 bits per heavy atom. The van der Waals surface area contributed by atoms with Gasteiger partial charge in [0.15, 0.2) is 6.61 Å². The second-order valence-electron chi connectivity index (χ2n) is 5.26. The third-order valence-corrected chi connectivity index (χ3v) is 3.71. The van der Waals surface area contributed by atoms with Gasteiger partial charge in [0.25, 0.3) is 5.91 Å². The van der Waals surface area contributed by atoms with E-state index in [-0.39, 0.29) is 12.5 Å². The molecule has 0 aromatic heterocycles. The zero-order valence-corrected chi connectivity index (χ0v) is 15.7. The molecule has 2 N–H and O–H groups in total. The summed E-state index contributed by atoms with van der Waals surface area (Å²) < 4.78 is 19.7. The van der Waals surface area contributed by atoms with Crippen molar-refractivity contribution in [2.45, 2.75) is 6.92 Å². The van der Waals surface area contributed by atoms with E-state index in [0.29, 0.717) is 23.5 Å². The number of hydrogen-bond acceptors (Lipinski definition) is 3. The van der Waals surface area contributed by atoms with E-state index in [2.05, 4.69) is 26.6 Å². The maximum atomic E-state index is 13.7. The maximum Gasteiger partial charge on any atom is 0.257 e. The van der Waals surface area contributed by atoms with Crippen molar-refractivity contribution < 1.29 is 18.7 Å². The summed E-state index contributed by atoms with van der Waals surface area (Å²) in [5.74, 6) is -0.597. The predicted molar refractivity (Wildman–Crippen MR) is 102 cm³/mol. The number of amides is 2. The molecule has 26 heavy (non-hydrogen) atoms. The smallest absolute Gasteiger partial charge is 0.257 e. The van der Waals surface area contributed by atoms with Crippen LogP contribution in [-0.2, 0) is 9.59 Å². The summed E-state index contributed by atoms with van der Waals surface area (Å²) in [7, 11) is 0. The Hall–Kier alpha value is -2.67. The number of halogens is 2. The highest BCUT2D eigenvalue weighted by Crippen LogP contribution is 2.18. The minimum absolute atomic E-state index is 0.104. The van der Waals surface area contributed by atoms with Gasteiger partial charge in [0.2, 0.25) is 5.91 Å². The summed E-state index contributed by atoms with van der Waals surface area (Å²) in [6.07, 6.45) is 2.64. The van der Waals surface area contributed by atoms with E-state index < -0.39 is 11.7 Å². The molecule has 0 aliphatic rings. The first-order valence-corrected chi connectivity index (χ1v) is 8.71. The molecule has 0 radical (unpaired) electrons. The second kappa shape index (κ2) is 9.72. The van der Waals surface area contributed by atoms with E-state index in [1.54, 1.807) is 36.4 Å². The lowest BCUT2D eigenvalue weighted by Crippen LogP contribution is -2.28. The number of benzene rings is 2. The van der Waals surface area contributed by atoms with Gasteiger partial charge < -0.3 is 15.4 Å². The molecular formula is C19H18BrFN2O3. The summed E-state index contributed by atoms with van der Waals surface area (Å²) in [4.78, 5) is 23.4. The number of likely N-dealkylation sites (N-methyl/N-ethyl adjacent to an activating group) is 1. The van der Waals surface area contributed by atoms with Gasteiger partial charge in [0.1, 0.15) is 11.6 Å². The molecule has 0 saturated carbocycles. The largest absolute Gasteiger partial charge is 0.484 e. The maximum absolute atomic E-state index is 13.7. The van der Waals surface area contributed by atoms with Crippen LogP contribution in [0, 0.1) is 5.82 Å². The van der Waals surface area contributed by atoms with Crippen LogP contribution in [0.2, 0.25) is 0 Å². The van der Waals surface area contributed by atoms with Gasteiger partial charge in [-0.25, -0.2) is 4.39 Å². The molecule has 0 aliphatic carbocycles. The Bertz CT molecular complexity index is 824. The number of anilines is 1. The van der Waals surface area contributed by atoms with Gasteiger partial charge in [-0.15, -0.1) is 0 Å². The highest BCUT2D eigenvalue weighted by molar-refractivity contribution is 9.10. The third kappa shape index (κ3) is 6.33. The summed E-state index contributed by atoms with van der Waals surface area (Å²) >= 11 is 3.26. The highest BCUT2D eigenvalue weighted by atomic mass is 79.9. The van der Waals surface area contributed by atoms with Crippen molar-refractivity contribution in [1.82, 2.24) is 5.32 Å². The first-order valence-electron chi connectivity index (χ1n) is 7.91. The molecule has 2 rings (SSSR count). The molecule has 0 bridgehead atoms. The fourth-order valence-corrected chi connectivity index (χ4v) is 2.43. The van der Waals surface area contributed by atoms with Crippen LogP contribution in [0.4, 0.5) is 10.1 Å². The minimum Gasteiger partial charge on any atom is -0.484 e. The fourth-order valence-electron chi connectivity index (χ4n) is 2.05. The highest BCUT2D eigenvalue weighted by Gasteiger charge is 2.04. The van der Waals surface area contributed by atoms with Gasteiger partial charge in [0, 0.05) is 34.4 Å². The second-order valence-corrected chi connectivity index (χ2v) is 6.17. The molecule has 2 aromatic rings. The number of rotatable bonds is 7. The molecule has 0 fully saturated rings. The average Bonchev–Trinajstić information content (AvgIpc) is 2.61. The zero-order valence-electron chi connectivity index (χ0n) is 14.1. The van der Waals surface area contributed by atoms with Gasteiger partial charge in [-0.2, -0.15) is 0 Å². The molecule has 0 heterocycles. The van der Waals surface area contributed by atoms with Crippen molar-refractivity contribution in [1.29, 1.82) is 0 Å². The van der Waals surface area contributed by atoms with Crippen LogP contribution in [0.1, 0.15) is 12.5 Å². The van der Waals surface area contributed by atoms with E-state index in [1.807, 2.05) is 6.92 Å². The Labute approximate surface area is 159 Å². The standard InChI is InChI=1S/C19H18BrFN2O3/c1-2-22-19(25)12-26-16-5-3-4-15(11-16)23-18(24)9-6-13-10-14(20)7-8-17(13)21/h3-11H,2,12H2,1H3,(H,22,25)(H,23,24)/b9-6+. The molecule has 0 atom stereocenters. The van der Waals surface area contributed by atoms with Gasteiger partial charge >= 0.3 is 0 Å². The van der Waals surface area contributed by atoms with Crippen LogP contribution < -0.4 is 15.4 Å². The normalized spacial score (nSPS) is 10.6. The van der Waals surface area contributed by atoms with Crippen molar-refractivity contribution in [2.75, 3.05) is 18.5 Å². The zero-order chi connectivity index (χ0) is 18.9. The van der Waals surface area contributed by atoms with E-state index in [4.69, 9.17) is 4.74 Å². The van der Waals surface area contributed by atoms with Crippen LogP contribution in [0.3, 0.4) is 0 Å². The number of ether oxygens (including phenoxy) is 1. The molecule has 0 spiro atoms.